The molecule has 0 amide bonds. The van der Waals surface area contributed by atoms with Gasteiger partial charge in [0.05, 0.1) is 12.8 Å². The van der Waals surface area contributed by atoms with Gasteiger partial charge in [0, 0.05) is 10.2 Å². The Morgan fingerprint density at radius 1 is 1.00 bits per heavy atom. The molecule has 154 valence electrons. The molecule has 2 N–H and O–H groups in total. The van der Waals surface area contributed by atoms with Gasteiger partial charge in [-0.2, -0.15) is 5.10 Å². The third-order valence-corrected chi connectivity index (χ3v) is 4.71. The van der Waals surface area contributed by atoms with Crippen LogP contribution in [0.25, 0.3) is 0 Å². The molecule has 3 rings (SSSR count). The summed E-state index contributed by atoms with van der Waals surface area (Å²) in [7, 11) is 0. The van der Waals surface area contributed by atoms with Gasteiger partial charge in [0.2, 0.25) is 0 Å². The lowest BCUT2D eigenvalue weighted by atomic mass is 10.2. The van der Waals surface area contributed by atoms with Gasteiger partial charge in [-0.15, -0.1) is 0 Å². The molecule has 0 saturated carbocycles. The predicted octanol–water partition coefficient (Wildman–Crippen LogP) is 5.75. The second kappa shape index (κ2) is 11.3. The van der Waals surface area contributed by atoms with Gasteiger partial charge in [-0.1, -0.05) is 46.3 Å². The summed E-state index contributed by atoms with van der Waals surface area (Å²) in [5, 5.41) is 7.67. The Bertz CT molecular complexity index is 995. The van der Waals surface area contributed by atoms with Crippen LogP contribution in [0.3, 0.4) is 0 Å². The lowest BCUT2D eigenvalue weighted by molar-refractivity contribution is 0.269. The zero-order chi connectivity index (χ0) is 21.2. The van der Waals surface area contributed by atoms with E-state index in [9.17, 15) is 0 Å². The van der Waals surface area contributed by atoms with Gasteiger partial charge in [-0.25, -0.2) is 0 Å². The molecular weight excluding hydrogens is 462 g/mol. The fraction of sp³-hybridized carbons (Fsp3) is 0.130. The highest BCUT2D eigenvalue weighted by Crippen LogP contribution is 2.29. The summed E-state index contributed by atoms with van der Waals surface area (Å²) >= 11 is 8.68. The van der Waals surface area contributed by atoms with Gasteiger partial charge in [-0.05, 0) is 72.7 Å². The van der Waals surface area contributed by atoms with Crippen LogP contribution in [-0.4, -0.2) is 17.9 Å². The minimum absolute atomic E-state index is 0.414. The highest BCUT2D eigenvalue weighted by atomic mass is 79.9. The molecule has 7 heteroatoms. The average molecular weight is 484 g/mol. The topological polar surface area (TPSA) is 54.9 Å². The Labute approximate surface area is 190 Å². The number of nitrogens with one attached hydrogen (secondary N) is 2. The molecule has 0 atom stereocenters. The van der Waals surface area contributed by atoms with Gasteiger partial charge in [-0.3, -0.25) is 5.43 Å². The summed E-state index contributed by atoms with van der Waals surface area (Å²) in [6.07, 6.45) is 1.68. The Morgan fingerprint density at radius 2 is 1.77 bits per heavy atom. The SMILES string of the molecule is CCOc1cc(/C=N/NC(=S)Nc2ccccc2)ccc1OCc1ccc(Br)cc1. The summed E-state index contributed by atoms with van der Waals surface area (Å²) in [5.74, 6) is 1.36. The first-order chi connectivity index (χ1) is 14.6. The van der Waals surface area contributed by atoms with Crippen LogP contribution in [0.1, 0.15) is 18.1 Å². The molecule has 0 fully saturated rings. The van der Waals surface area contributed by atoms with E-state index >= 15 is 0 Å². The normalized spacial score (nSPS) is 10.6. The van der Waals surface area contributed by atoms with E-state index in [4.69, 9.17) is 21.7 Å². The average Bonchev–Trinajstić information content (AvgIpc) is 2.75. The Balaban J connectivity index is 1.60. The first kappa shape index (κ1) is 21.8. The van der Waals surface area contributed by atoms with Crippen LogP contribution < -0.4 is 20.2 Å². The van der Waals surface area contributed by atoms with Crippen molar-refractivity contribution in [2.24, 2.45) is 5.10 Å². The molecule has 0 aliphatic carbocycles. The van der Waals surface area contributed by atoms with Gasteiger partial charge in [0.25, 0.3) is 0 Å². The van der Waals surface area contributed by atoms with Crippen molar-refractivity contribution in [2.75, 3.05) is 11.9 Å². The number of thiocarbonyl (C=S) groups is 1. The lowest BCUT2D eigenvalue weighted by Crippen LogP contribution is -2.23. The molecule has 0 unspecified atom stereocenters. The Kier molecular flexibility index (Phi) is 8.23. The van der Waals surface area contributed by atoms with Crippen molar-refractivity contribution in [3.8, 4) is 11.5 Å². The van der Waals surface area contributed by atoms with Crippen molar-refractivity contribution < 1.29 is 9.47 Å². The third-order valence-electron chi connectivity index (χ3n) is 3.99. The molecule has 0 aliphatic rings. The predicted molar refractivity (Wildman–Crippen MR) is 129 cm³/mol. The number of nitrogens with zero attached hydrogens (tertiary/aromatic N) is 1. The molecule has 3 aromatic carbocycles. The first-order valence-corrected chi connectivity index (χ1v) is 10.6. The molecule has 0 bridgehead atoms. The number of benzene rings is 3. The van der Waals surface area contributed by atoms with E-state index in [0.29, 0.717) is 29.8 Å². The van der Waals surface area contributed by atoms with E-state index in [1.54, 1.807) is 6.21 Å². The smallest absolute Gasteiger partial charge is 0.191 e. The van der Waals surface area contributed by atoms with Crippen LogP contribution in [0.15, 0.2) is 82.4 Å². The van der Waals surface area contributed by atoms with Gasteiger partial charge >= 0.3 is 0 Å². The maximum absolute atomic E-state index is 5.95. The van der Waals surface area contributed by atoms with Crippen LogP contribution in [0, 0.1) is 0 Å². The maximum Gasteiger partial charge on any atom is 0.191 e. The lowest BCUT2D eigenvalue weighted by Gasteiger charge is -2.13. The fourth-order valence-corrected chi connectivity index (χ4v) is 3.02. The first-order valence-electron chi connectivity index (χ1n) is 9.43. The number of hydrogen-bond donors (Lipinski definition) is 2. The zero-order valence-corrected chi connectivity index (χ0v) is 18.9. The molecule has 0 aromatic heterocycles. The highest BCUT2D eigenvalue weighted by Gasteiger charge is 2.07. The fourth-order valence-electron chi connectivity index (χ4n) is 2.58. The number of hydrazone groups is 1. The van der Waals surface area contributed by atoms with E-state index in [2.05, 4.69) is 31.8 Å². The van der Waals surface area contributed by atoms with Crippen LogP contribution in [0.4, 0.5) is 5.69 Å². The molecule has 5 nitrogen and oxygen atoms in total. The molecule has 0 spiro atoms. The number of ether oxygens (including phenoxy) is 2. The zero-order valence-electron chi connectivity index (χ0n) is 16.5. The molecular formula is C23H22BrN3O2S. The van der Waals surface area contributed by atoms with Crippen molar-refractivity contribution in [1.29, 1.82) is 0 Å². The number of anilines is 1. The summed E-state index contributed by atoms with van der Waals surface area (Å²) < 4.78 is 12.7. The number of para-hydroxylation sites is 1. The second-order valence-corrected chi connectivity index (χ2v) is 7.57. The van der Waals surface area contributed by atoms with E-state index in [1.807, 2.05) is 79.7 Å². The van der Waals surface area contributed by atoms with Crippen molar-refractivity contribution in [2.45, 2.75) is 13.5 Å². The van der Waals surface area contributed by atoms with E-state index in [1.165, 1.54) is 0 Å². The highest BCUT2D eigenvalue weighted by molar-refractivity contribution is 9.10. The molecule has 0 heterocycles. The number of hydrogen-bond acceptors (Lipinski definition) is 4. The Hall–Kier alpha value is -2.90. The summed E-state index contributed by atoms with van der Waals surface area (Å²) in [6, 6.07) is 23.4. The molecule has 0 radical (unpaired) electrons. The molecule has 3 aromatic rings. The minimum Gasteiger partial charge on any atom is -0.490 e. The van der Waals surface area contributed by atoms with Crippen molar-refractivity contribution in [3.63, 3.8) is 0 Å². The van der Waals surface area contributed by atoms with Gasteiger partial charge in [0.15, 0.2) is 16.6 Å². The maximum atomic E-state index is 5.95. The minimum atomic E-state index is 0.414. The van der Waals surface area contributed by atoms with E-state index < -0.39 is 0 Å². The largest absolute Gasteiger partial charge is 0.490 e. The van der Waals surface area contributed by atoms with Gasteiger partial charge in [0.1, 0.15) is 6.61 Å². The van der Waals surface area contributed by atoms with E-state index in [-0.39, 0.29) is 0 Å². The van der Waals surface area contributed by atoms with Crippen molar-refractivity contribution in [1.82, 2.24) is 5.43 Å². The quantitative estimate of drug-likeness (QED) is 0.242. The molecule has 0 aliphatic heterocycles. The Morgan fingerprint density at radius 3 is 2.50 bits per heavy atom. The van der Waals surface area contributed by atoms with Crippen LogP contribution in [0.2, 0.25) is 0 Å². The summed E-state index contributed by atoms with van der Waals surface area (Å²) in [5.41, 5.74) is 5.65. The van der Waals surface area contributed by atoms with Crippen molar-refractivity contribution in [3.05, 3.63) is 88.4 Å². The third kappa shape index (κ3) is 6.86. The number of halogens is 1. The van der Waals surface area contributed by atoms with Crippen LogP contribution in [0.5, 0.6) is 11.5 Å². The van der Waals surface area contributed by atoms with Crippen LogP contribution >= 0.6 is 28.1 Å². The summed E-state index contributed by atoms with van der Waals surface area (Å²) in [4.78, 5) is 0. The number of rotatable bonds is 8. The standard InChI is InChI=1S/C23H22BrN3O2S/c1-2-28-22-14-18(15-25-27-23(30)26-20-6-4-3-5-7-20)10-13-21(22)29-16-17-8-11-19(24)12-9-17/h3-15H,2,16H2,1H3,(H2,26,27,30)/b25-15+. The monoisotopic (exact) mass is 483 g/mol. The second-order valence-electron chi connectivity index (χ2n) is 6.24. The molecule has 30 heavy (non-hydrogen) atoms. The molecule has 0 saturated heterocycles. The van der Waals surface area contributed by atoms with E-state index in [0.717, 1.165) is 21.3 Å². The summed E-state index contributed by atoms with van der Waals surface area (Å²) in [6.45, 7) is 2.94. The van der Waals surface area contributed by atoms with Crippen molar-refractivity contribution >= 4 is 45.2 Å². The van der Waals surface area contributed by atoms with Gasteiger partial charge < -0.3 is 14.8 Å². The van der Waals surface area contributed by atoms with Crippen LogP contribution in [-0.2, 0) is 6.61 Å².